The molecule has 0 bridgehead atoms. The number of carbonyl (C=O) groups excluding carboxylic acids is 3. The molecule has 10 N–H and O–H groups in total. The Kier molecular flexibility index (Phi) is 42.5. The van der Waals surface area contributed by atoms with Crippen LogP contribution in [0.3, 0.4) is 0 Å². The van der Waals surface area contributed by atoms with Crippen LogP contribution in [0.4, 0.5) is 51.6 Å². The number of tetrazole rings is 1. The fourth-order valence-corrected chi connectivity index (χ4v) is 13.6. The van der Waals surface area contributed by atoms with Gasteiger partial charge in [-0.2, -0.15) is 15.3 Å². The van der Waals surface area contributed by atoms with Gasteiger partial charge in [-0.05, 0) is 233 Å². The molecular weight excluding hydrogens is 1690 g/mol. The van der Waals surface area contributed by atoms with Crippen LogP contribution in [0, 0.1) is 18.3 Å². The van der Waals surface area contributed by atoms with E-state index in [2.05, 4.69) is 197 Å². The fourth-order valence-electron chi connectivity index (χ4n) is 12.0. The van der Waals surface area contributed by atoms with Gasteiger partial charge in [0.2, 0.25) is 5.82 Å². The Morgan fingerprint density at radius 1 is 0.546 bits per heavy atom. The molecule has 1 aliphatic rings. The van der Waals surface area contributed by atoms with Crippen LogP contribution in [0.1, 0.15) is 118 Å². The Hall–Kier alpha value is -14.5. The number of hydrogen-bond donors (Lipinski definition) is 10. The van der Waals surface area contributed by atoms with Gasteiger partial charge in [-0.15, -0.1) is 27.8 Å². The average Bonchev–Trinajstić information content (AvgIpc) is 1.79. The topological polar surface area (TPSA) is 353 Å². The standard InChI is InChI=1S/C14H20O2.C12H12N2.C10H11ClO2.C10H13N5.C10H12N4O.C10H10N2S.C9H12N2O.C8H13N3.C8H8N2S.C8H8N2/c1-6-10-7-11(13(15)16-5)9-12(8-10)14(2,3)4;1-13-12-4-2-3-11(9-12)10-5-7-14-8-6-10;1-3-7-4-8(10(12)13-2)6-9(11)5-7;1-7-4-8(6-9(5-7)11-2)10-12-13-14-15(10)3;1-11-8-5-3-4-7(6-8)9-13-10(12-2)15-14-9;1-11-9-4-2-3-8(5-9)10-6-13-7-12-10;1-10-8-5-3-4-7(6-8)9(12)11-2;1-9-8-5-7(6-3-4-6)10-11(8)2;1-9-6-2-3-7-8(4-6)11-5-10-7;1-10-8-4-2-3-7(5-8)6-9/h7-9H,6H2,1-5H3;2-9,13H,1H3;4-6H,3H2,1-2H3;4-6,11H,1-3H3;3-6,11H,1-2H3,(H,12,13,14);2-7,11H,1H3;3-6,10H,1-2H3,(H,11,12);5-6,9H,3-4H2,1-2H3;2-5,9H,1H3;2-5,10H,1H3. The van der Waals surface area contributed by atoms with E-state index in [-0.39, 0.29) is 23.3 Å². The van der Waals surface area contributed by atoms with Crippen LogP contribution in [-0.2, 0) is 41.8 Å². The highest BCUT2D eigenvalue weighted by Gasteiger charge is 2.27. The molecule has 1 aliphatic carbocycles. The lowest BCUT2D eigenvalue weighted by Crippen LogP contribution is -2.17. The number of nitrogens with zero attached hydrogens (tertiary/aromatic N) is 12. The molecule has 15 aromatic rings. The molecule has 1 saturated carbocycles. The lowest BCUT2D eigenvalue weighted by atomic mass is 9.85. The number of nitrogens with one attached hydrogen (secondary N) is 10. The summed E-state index contributed by atoms with van der Waals surface area (Å²) in [7, 11) is 25.0. The monoisotopic (exact) mass is 1810 g/mol. The van der Waals surface area contributed by atoms with Gasteiger partial charge in [-0.25, -0.2) is 24.2 Å². The first-order chi connectivity index (χ1) is 62.7. The normalized spacial score (nSPS) is 10.6. The summed E-state index contributed by atoms with van der Waals surface area (Å²) in [6.45, 7) is 12.6. The van der Waals surface area contributed by atoms with Gasteiger partial charge in [0.25, 0.3) is 5.91 Å². The number of amides is 1. The van der Waals surface area contributed by atoms with Crippen molar-refractivity contribution in [1.82, 2.24) is 60.4 Å². The molecule has 0 unspecified atom stereocenters. The third-order valence-corrected chi connectivity index (χ3v) is 21.1. The summed E-state index contributed by atoms with van der Waals surface area (Å²) in [5.41, 5.74) is 27.1. The lowest BCUT2D eigenvalue weighted by molar-refractivity contribution is 0.0591. The van der Waals surface area contributed by atoms with Crippen LogP contribution in [0.25, 0.3) is 55.4 Å². The van der Waals surface area contributed by atoms with Crippen molar-refractivity contribution in [3.8, 4) is 51.2 Å². The van der Waals surface area contributed by atoms with Crippen molar-refractivity contribution in [3.63, 3.8) is 0 Å². The molecule has 9 aromatic carbocycles. The Labute approximate surface area is 775 Å². The Morgan fingerprint density at radius 2 is 1.10 bits per heavy atom. The molecule has 0 atom stereocenters. The Bertz CT molecular complexity index is 6020. The molecule has 680 valence electrons. The number of halogens is 1. The van der Waals surface area contributed by atoms with E-state index in [4.69, 9.17) is 26.1 Å². The van der Waals surface area contributed by atoms with Crippen molar-refractivity contribution in [1.29, 1.82) is 5.26 Å². The third kappa shape index (κ3) is 33.3. The number of hydrogen-bond acceptors (Lipinski definition) is 27. The number of ether oxygens (including phenoxy) is 2. The van der Waals surface area contributed by atoms with Gasteiger partial charge in [0.15, 0.2) is 5.82 Å². The smallest absolute Gasteiger partial charge is 0.337 e. The average molecular weight is 1810 g/mol. The van der Waals surface area contributed by atoms with Gasteiger partial charge in [-0.3, -0.25) is 14.5 Å². The Morgan fingerprint density at radius 3 is 1.63 bits per heavy atom. The molecule has 1 fully saturated rings. The second-order valence-corrected chi connectivity index (χ2v) is 31.7. The first kappa shape index (κ1) is 103. The number of methoxy groups -OCH3 is 2. The first-order valence-electron chi connectivity index (χ1n) is 41.9. The number of thiazole rings is 2. The molecule has 6 heterocycles. The van der Waals surface area contributed by atoms with Gasteiger partial charge in [-0.1, -0.05) is 106 Å². The maximum Gasteiger partial charge on any atom is 0.337 e. The highest BCUT2D eigenvalue weighted by molar-refractivity contribution is 7.16. The number of benzene rings is 9. The molecule has 0 radical (unpaired) electrons. The van der Waals surface area contributed by atoms with Crippen molar-refractivity contribution in [3.05, 3.63) is 296 Å². The van der Waals surface area contributed by atoms with Crippen LogP contribution in [0.2, 0.25) is 5.02 Å². The molecular formula is C99H119ClN22O6S2. The number of carbonyl (C=O) groups is 3. The van der Waals surface area contributed by atoms with Gasteiger partial charge >= 0.3 is 18.0 Å². The summed E-state index contributed by atoms with van der Waals surface area (Å²) < 4.78 is 19.1. The number of nitriles is 1. The number of fused-ring (bicyclic) bond motifs is 1. The van der Waals surface area contributed by atoms with E-state index in [1.807, 2.05) is 221 Å². The van der Waals surface area contributed by atoms with Crippen LogP contribution in [0.15, 0.2) is 246 Å². The summed E-state index contributed by atoms with van der Waals surface area (Å²) in [6, 6.07) is 71.2. The molecule has 31 heteroatoms. The van der Waals surface area contributed by atoms with Crippen LogP contribution in [-0.4, -0.2) is 158 Å². The number of aromatic nitrogens is 11. The van der Waals surface area contributed by atoms with E-state index in [0.717, 1.165) is 104 Å². The summed E-state index contributed by atoms with van der Waals surface area (Å²) in [4.78, 5) is 50.4. The zero-order valence-electron chi connectivity index (χ0n) is 77.5. The lowest BCUT2D eigenvalue weighted by Gasteiger charge is -2.20. The number of anilines is 9. The SMILES string of the molecule is CCc1cc(C(=O)OC)cc(C(C)(C)C)c1.CCc1cc(Cl)cc(C(=O)OC)c1.CNC(=O)c1cccc(NC)c1.CNc1cc(C)cc(-c2nnnn2C)c1.CNc1cc(C2CC2)nn1C.CNc1ccc2ncsc2c1.CNc1cccc(-c2ccncc2)c1.CNc1cccc(-c2cscn2)c1.CNc1cccc(-c2noc(NC)n2)c1.CNc1cccc(C#N)c1. The van der Waals surface area contributed by atoms with E-state index in [9.17, 15) is 14.4 Å². The van der Waals surface area contributed by atoms with Gasteiger partial charge in [0.1, 0.15) is 5.82 Å². The van der Waals surface area contributed by atoms with Crippen molar-refractivity contribution in [2.45, 2.75) is 78.6 Å². The van der Waals surface area contributed by atoms with Gasteiger partial charge in [0, 0.05) is 181 Å². The molecule has 0 aliphatic heterocycles. The summed E-state index contributed by atoms with van der Waals surface area (Å²) >= 11 is 9.10. The number of pyridine rings is 1. The molecule has 6 aromatic heterocycles. The maximum atomic E-state index is 11.5. The molecule has 130 heavy (non-hydrogen) atoms. The van der Waals surface area contributed by atoms with Crippen LogP contribution >= 0.6 is 34.3 Å². The summed E-state index contributed by atoms with van der Waals surface area (Å²) in [6.07, 6.45) is 8.03. The van der Waals surface area contributed by atoms with Crippen LogP contribution < -0.4 is 53.2 Å². The number of esters is 2. The third-order valence-electron chi connectivity index (χ3n) is 19.5. The zero-order valence-corrected chi connectivity index (χ0v) is 79.9. The first-order valence-corrected chi connectivity index (χ1v) is 44.1. The van der Waals surface area contributed by atoms with E-state index in [1.54, 1.807) is 90.2 Å². The largest absolute Gasteiger partial charge is 0.465 e. The van der Waals surface area contributed by atoms with Gasteiger partial charge < -0.3 is 67.2 Å². The highest BCUT2D eigenvalue weighted by atomic mass is 35.5. The summed E-state index contributed by atoms with van der Waals surface area (Å²) in [5.74, 6) is 2.53. The molecule has 28 nitrogen and oxygen atoms in total. The zero-order chi connectivity index (χ0) is 94.5. The highest BCUT2D eigenvalue weighted by Crippen LogP contribution is 2.40. The number of aryl methyl sites for hydroxylation is 5. The summed E-state index contributed by atoms with van der Waals surface area (Å²) in [5, 5.41) is 60.6. The Balaban J connectivity index is 0.000000198. The molecule has 1 amide bonds. The van der Waals surface area contributed by atoms with E-state index in [0.29, 0.717) is 39.1 Å². The van der Waals surface area contributed by atoms with E-state index < -0.39 is 0 Å². The maximum absolute atomic E-state index is 11.5. The number of rotatable bonds is 19. The van der Waals surface area contributed by atoms with Crippen molar-refractivity contribution in [2.24, 2.45) is 14.1 Å². The van der Waals surface area contributed by atoms with Crippen molar-refractivity contribution < 1.29 is 28.4 Å². The van der Waals surface area contributed by atoms with Gasteiger partial charge in [0.05, 0.1) is 69.6 Å². The molecule has 0 spiro atoms. The molecule has 0 saturated heterocycles. The second kappa shape index (κ2) is 53.8. The van der Waals surface area contributed by atoms with Crippen molar-refractivity contribution >= 4 is 114 Å². The predicted octanol–water partition coefficient (Wildman–Crippen LogP) is 21.1. The molecule has 16 rings (SSSR count). The van der Waals surface area contributed by atoms with E-state index >= 15 is 0 Å². The minimum Gasteiger partial charge on any atom is -0.465 e. The van der Waals surface area contributed by atoms with Crippen LogP contribution in [0.5, 0.6) is 0 Å². The minimum absolute atomic E-state index is 0.0496. The minimum atomic E-state index is -0.350. The second-order valence-electron chi connectivity index (χ2n) is 29.7. The fraction of sp³-hybridized carbons (Fsp3) is 0.263. The quantitative estimate of drug-likeness (QED) is 0.0336. The van der Waals surface area contributed by atoms with Crippen molar-refractivity contribution in [2.75, 3.05) is 133 Å². The predicted molar refractivity (Wildman–Crippen MR) is 536 cm³/mol. The van der Waals surface area contributed by atoms with E-state index in [1.165, 1.54) is 65.3 Å².